The Labute approximate surface area is 337 Å². The van der Waals surface area contributed by atoms with Gasteiger partial charge in [0.25, 0.3) is 0 Å². The molecule has 0 aliphatic carbocycles. The number of nitrogens with zero attached hydrogens (tertiary/aromatic N) is 1. The molecule has 11 N–H and O–H groups in total. The zero-order chi connectivity index (χ0) is 42.7. The fraction of sp³-hybridized carbons (Fsp3) is 0.842. The van der Waals surface area contributed by atoms with E-state index < -0.39 is 129 Å². The zero-order valence-electron chi connectivity index (χ0n) is 33.4. The van der Waals surface area contributed by atoms with E-state index in [0.717, 1.165) is 43.4 Å². The summed E-state index contributed by atoms with van der Waals surface area (Å²) in [6.07, 6.45) is -9.82. The molecule has 0 aromatic rings. The summed E-state index contributed by atoms with van der Waals surface area (Å²) in [5.74, 6) is -1.14. The molecule has 5 amide bonds. The van der Waals surface area contributed by atoms with Crippen LogP contribution in [0.4, 0.5) is 4.79 Å². The minimum atomic E-state index is -1.84. The topological polar surface area (TPSA) is 306 Å². The first kappa shape index (κ1) is 47.8. The Morgan fingerprint density at radius 3 is 2.09 bits per heavy atom. The van der Waals surface area contributed by atoms with Crippen molar-refractivity contribution in [3.8, 4) is 0 Å². The van der Waals surface area contributed by atoms with Gasteiger partial charge < -0.3 is 70.4 Å². The van der Waals surface area contributed by atoms with E-state index in [-0.39, 0.29) is 13.0 Å². The fourth-order valence-corrected chi connectivity index (χ4v) is 7.64. The molecule has 16 atom stereocenters. The van der Waals surface area contributed by atoms with Crippen LogP contribution >= 0.6 is 0 Å². The first-order valence-electron chi connectivity index (χ1n) is 20.4. The van der Waals surface area contributed by atoms with Crippen molar-refractivity contribution in [1.82, 2.24) is 20.9 Å². The monoisotopic (exact) mass is 832 g/mol. The van der Waals surface area contributed by atoms with Crippen LogP contribution in [0.5, 0.6) is 0 Å². The highest BCUT2D eigenvalue weighted by Crippen LogP contribution is 2.33. The van der Waals surface area contributed by atoms with Crippen molar-refractivity contribution in [3.05, 3.63) is 12.2 Å². The van der Waals surface area contributed by atoms with Crippen LogP contribution in [0.1, 0.15) is 91.4 Å². The number of rotatable bonds is 20. The molecule has 4 heterocycles. The van der Waals surface area contributed by atoms with Crippen molar-refractivity contribution in [3.63, 3.8) is 0 Å². The number of allylic oxidation sites excluding steroid dienone is 1. The molecule has 332 valence electrons. The lowest BCUT2D eigenvalue weighted by molar-refractivity contribution is -0.346. The van der Waals surface area contributed by atoms with Crippen LogP contribution < -0.4 is 16.0 Å². The lowest BCUT2D eigenvalue weighted by Crippen LogP contribution is -2.68. The number of amides is 5. The molecule has 58 heavy (non-hydrogen) atoms. The van der Waals surface area contributed by atoms with Gasteiger partial charge in [-0.15, -0.1) is 0 Å². The maximum absolute atomic E-state index is 13.1. The molecule has 4 saturated heterocycles. The minimum Gasteiger partial charge on any atom is -0.394 e. The van der Waals surface area contributed by atoms with Gasteiger partial charge in [0.2, 0.25) is 17.7 Å². The smallest absolute Gasteiger partial charge is 0.326 e. The lowest BCUT2D eigenvalue weighted by atomic mass is 9.91. The normalized spacial score (nSPS) is 36.8. The quantitative estimate of drug-likeness (QED) is 0.0456. The van der Waals surface area contributed by atoms with E-state index in [2.05, 4.69) is 29.8 Å². The van der Waals surface area contributed by atoms with E-state index in [9.17, 15) is 60.0 Å². The Morgan fingerprint density at radius 1 is 0.862 bits per heavy atom. The molecule has 4 fully saturated rings. The Hall–Kier alpha value is -2.86. The van der Waals surface area contributed by atoms with Gasteiger partial charge in [-0.1, -0.05) is 64.9 Å². The number of nitrogens with one attached hydrogen (secondary N) is 3. The Morgan fingerprint density at radius 2 is 1.47 bits per heavy atom. The van der Waals surface area contributed by atoms with Crippen LogP contribution in [0.25, 0.3) is 0 Å². The molecular weight excluding hydrogens is 768 g/mol. The summed E-state index contributed by atoms with van der Waals surface area (Å²) in [7, 11) is 0. The van der Waals surface area contributed by atoms with Crippen LogP contribution in [-0.4, -0.2) is 175 Å². The molecule has 0 aromatic carbocycles. The van der Waals surface area contributed by atoms with Crippen molar-refractivity contribution < 1.29 is 79.0 Å². The van der Waals surface area contributed by atoms with E-state index in [1.165, 1.54) is 31.8 Å². The number of aliphatic hydroxyl groups excluding tert-OH is 8. The summed E-state index contributed by atoms with van der Waals surface area (Å²) in [5.41, 5.74) is 0. The predicted molar refractivity (Wildman–Crippen MR) is 201 cm³/mol. The van der Waals surface area contributed by atoms with Gasteiger partial charge >= 0.3 is 6.03 Å². The van der Waals surface area contributed by atoms with Crippen molar-refractivity contribution in [2.45, 2.75) is 183 Å². The highest BCUT2D eigenvalue weighted by Gasteiger charge is 2.54. The number of carbonyl (C=O) groups excluding carboxylic acids is 4. The van der Waals surface area contributed by atoms with Gasteiger partial charge in [-0.3, -0.25) is 24.6 Å². The molecule has 0 saturated carbocycles. The predicted octanol–water partition coefficient (Wildman–Crippen LogP) is -2.26. The van der Waals surface area contributed by atoms with E-state index in [0.29, 0.717) is 6.42 Å². The average molecular weight is 833 g/mol. The molecule has 20 heteroatoms. The number of ether oxygens (including phenoxy) is 4. The average Bonchev–Trinajstić information content (AvgIpc) is 3.48. The van der Waals surface area contributed by atoms with Crippen LogP contribution in [-0.2, 0) is 33.3 Å². The molecule has 0 aromatic heterocycles. The van der Waals surface area contributed by atoms with Crippen molar-refractivity contribution in [1.29, 1.82) is 0 Å². The van der Waals surface area contributed by atoms with Crippen molar-refractivity contribution in [2.24, 2.45) is 5.92 Å². The second-order valence-electron chi connectivity index (χ2n) is 15.8. The summed E-state index contributed by atoms with van der Waals surface area (Å²) >= 11 is 0. The van der Waals surface area contributed by atoms with Gasteiger partial charge in [0.1, 0.15) is 60.9 Å². The first-order chi connectivity index (χ1) is 27.6. The molecule has 0 radical (unpaired) electrons. The van der Waals surface area contributed by atoms with E-state index in [1.807, 2.05) is 0 Å². The maximum Gasteiger partial charge on any atom is 0.326 e. The lowest BCUT2D eigenvalue weighted by Gasteiger charge is -2.47. The Kier molecular flexibility index (Phi) is 18.7. The number of carbonyl (C=O) groups is 4. The molecule has 4 rings (SSSR count). The molecular formula is C38H64N4O16. The molecule has 0 bridgehead atoms. The van der Waals surface area contributed by atoms with E-state index >= 15 is 0 Å². The zero-order valence-corrected chi connectivity index (χ0v) is 33.4. The third-order valence-corrected chi connectivity index (χ3v) is 11.3. The number of urea groups is 1. The molecule has 20 nitrogen and oxygen atoms in total. The van der Waals surface area contributed by atoms with Gasteiger partial charge in [0, 0.05) is 26.3 Å². The SMILES string of the molecule is CCC(C)CCCCCCCC/C=C/C(=O)N[C@H]1[C@H](O[C@H]2O[C@H](CO)[C@@H](O)[C@H](O)[C@H]2NC(C)=O)O[C@H](C[C@H](O)[C@H]2O[C@@H](N3CCC(=O)NC3=O)[C@H](O)[C@@H]2O)[C@H](O)[C@@H]1O. The molecule has 4 aliphatic rings. The third kappa shape index (κ3) is 12.6. The number of aliphatic hydroxyl groups is 8. The first-order valence-corrected chi connectivity index (χ1v) is 20.4. The van der Waals surface area contributed by atoms with Crippen LogP contribution in [0.3, 0.4) is 0 Å². The highest BCUT2D eigenvalue weighted by atomic mass is 16.8. The number of imide groups is 1. The summed E-state index contributed by atoms with van der Waals surface area (Å²) in [4.78, 5) is 50.2. The summed E-state index contributed by atoms with van der Waals surface area (Å²) in [6.45, 7) is 4.68. The Bertz CT molecular complexity index is 1380. The van der Waals surface area contributed by atoms with Crippen LogP contribution in [0, 0.1) is 5.92 Å². The fourth-order valence-electron chi connectivity index (χ4n) is 7.64. The minimum absolute atomic E-state index is 0.0993. The summed E-state index contributed by atoms with van der Waals surface area (Å²) < 4.78 is 23.4. The van der Waals surface area contributed by atoms with Crippen LogP contribution in [0.15, 0.2) is 12.2 Å². The number of hydrogen-bond acceptors (Lipinski definition) is 16. The second-order valence-corrected chi connectivity index (χ2v) is 15.8. The summed E-state index contributed by atoms with van der Waals surface area (Å²) in [5, 5.41) is 93.6. The number of unbranched alkanes of at least 4 members (excludes halogenated alkanes) is 6. The molecule has 1 unspecified atom stereocenters. The largest absolute Gasteiger partial charge is 0.394 e. The Balaban J connectivity index is 1.45. The van der Waals surface area contributed by atoms with Crippen molar-refractivity contribution >= 4 is 23.8 Å². The molecule has 4 aliphatic heterocycles. The van der Waals surface area contributed by atoms with Gasteiger partial charge in [-0.05, 0) is 24.8 Å². The van der Waals surface area contributed by atoms with Gasteiger partial charge in [0.05, 0.1) is 18.8 Å². The van der Waals surface area contributed by atoms with Gasteiger partial charge in [-0.2, -0.15) is 0 Å². The van der Waals surface area contributed by atoms with Crippen LogP contribution in [0.2, 0.25) is 0 Å². The van der Waals surface area contributed by atoms with Crippen molar-refractivity contribution in [2.75, 3.05) is 13.2 Å². The van der Waals surface area contributed by atoms with Gasteiger partial charge in [0.15, 0.2) is 18.8 Å². The second kappa shape index (κ2) is 22.7. The third-order valence-electron chi connectivity index (χ3n) is 11.3. The standard InChI is InChI=1S/C38H64N4O16/c1-4-19(2)13-11-9-7-5-6-8-10-12-14-24(46)40-27-31(51)28(48)22(55-37(27)58-36-26(39-20(3)44)30(50)29(49)23(18-43)56-36)17-21(45)34-32(52)33(53)35(57-34)42-16-15-25(47)41-38(42)54/h12,14,19,21-23,26-37,43,45,48-53H,4-11,13,15-18H2,1-3H3,(H,39,44)(H,40,46)(H,41,47,54)/b14-12+/t19?,21-,22+,23+,26+,27+,28-,29+,30+,31+,32-,33+,34+,35+,36+,37-/m0/s1. The highest BCUT2D eigenvalue weighted by molar-refractivity contribution is 5.96. The van der Waals surface area contributed by atoms with E-state index in [4.69, 9.17) is 18.9 Å². The molecule has 0 spiro atoms. The van der Waals surface area contributed by atoms with Gasteiger partial charge in [-0.25, -0.2) is 4.79 Å². The van der Waals surface area contributed by atoms with E-state index in [1.54, 1.807) is 6.08 Å². The maximum atomic E-state index is 13.1. The summed E-state index contributed by atoms with van der Waals surface area (Å²) in [6, 6.07) is -3.86. The number of hydrogen-bond donors (Lipinski definition) is 11.